The second-order valence-electron chi connectivity index (χ2n) is 4.45. The average Bonchev–Trinajstić information content (AvgIpc) is 2.81. The number of hydrogen-bond donors (Lipinski definition) is 1. The van der Waals surface area contributed by atoms with Crippen molar-refractivity contribution < 1.29 is 9.13 Å². The number of ether oxygens (including phenoxy) is 1. The van der Waals surface area contributed by atoms with Crippen molar-refractivity contribution in [2.75, 3.05) is 19.4 Å². The van der Waals surface area contributed by atoms with E-state index in [1.807, 2.05) is 23.9 Å². The van der Waals surface area contributed by atoms with E-state index in [0.717, 1.165) is 12.2 Å². The van der Waals surface area contributed by atoms with Gasteiger partial charge in [-0.1, -0.05) is 12.1 Å². The highest BCUT2D eigenvalue weighted by Gasteiger charge is 2.34. The fourth-order valence-electron chi connectivity index (χ4n) is 2.33. The van der Waals surface area contributed by atoms with Crippen LogP contribution in [0, 0.1) is 5.82 Å². The Kier molecular flexibility index (Phi) is 3.94. The zero-order valence-electron chi connectivity index (χ0n) is 10.0. The zero-order valence-corrected chi connectivity index (χ0v) is 10.9. The molecular formula is C13H18FNOS. The van der Waals surface area contributed by atoms with Gasteiger partial charge in [0, 0.05) is 11.3 Å². The van der Waals surface area contributed by atoms with Crippen LogP contribution in [0.3, 0.4) is 0 Å². The van der Waals surface area contributed by atoms with Crippen LogP contribution in [0.4, 0.5) is 4.39 Å². The lowest BCUT2D eigenvalue weighted by atomic mass is 9.94. The van der Waals surface area contributed by atoms with Gasteiger partial charge in [0.05, 0.1) is 7.11 Å². The van der Waals surface area contributed by atoms with Crippen molar-refractivity contribution in [1.82, 2.24) is 0 Å². The molecule has 1 atom stereocenters. The number of benzene rings is 1. The summed E-state index contributed by atoms with van der Waals surface area (Å²) in [5, 5.41) is 0. The molecule has 4 heteroatoms. The van der Waals surface area contributed by atoms with Crippen LogP contribution in [-0.4, -0.2) is 24.2 Å². The predicted molar refractivity (Wildman–Crippen MR) is 70.1 cm³/mol. The molecule has 0 aliphatic carbocycles. The minimum absolute atomic E-state index is 0.0210. The summed E-state index contributed by atoms with van der Waals surface area (Å²) in [6, 6.07) is 5.31. The Labute approximate surface area is 106 Å². The van der Waals surface area contributed by atoms with Crippen molar-refractivity contribution >= 4 is 11.8 Å². The quantitative estimate of drug-likeness (QED) is 0.898. The molecule has 17 heavy (non-hydrogen) atoms. The van der Waals surface area contributed by atoms with Crippen molar-refractivity contribution in [3.05, 3.63) is 29.6 Å². The lowest BCUT2D eigenvalue weighted by Gasteiger charge is -2.26. The number of thioether (sulfide) groups is 1. The Morgan fingerprint density at radius 2 is 2.35 bits per heavy atom. The van der Waals surface area contributed by atoms with E-state index in [4.69, 9.17) is 10.5 Å². The molecule has 2 N–H and O–H groups in total. The summed E-state index contributed by atoms with van der Waals surface area (Å²) in [7, 11) is 1.49. The largest absolute Gasteiger partial charge is 0.494 e. The van der Waals surface area contributed by atoms with Crippen LogP contribution in [0.1, 0.15) is 18.4 Å². The number of methoxy groups -OCH3 is 1. The third kappa shape index (κ3) is 2.58. The summed E-state index contributed by atoms with van der Waals surface area (Å²) >= 11 is 1.87. The minimum atomic E-state index is -0.240. The van der Waals surface area contributed by atoms with Crippen molar-refractivity contribution in [3.8, 4) is 5.75 Å². The summed E-state index contributed by atoms with van der Waals surface area (Å²) in [5.41, 5.74) is 6.57. The highest BCUT2D eigenvalue weighted by molar-refractivity contribution is 8.00. The number of nitrogens with two attached hydrogens (primary N) is 1. The third-order valence-corrected chi connectivity index (χ3v) is 4.95. The molecule has 1 saturated heterocycles. The second-order valence-corrected chi connectivity index (χ2v) is 6.01. The molecular weight excluding hydrogens is 237 g/mol. The normalized spacial score (nSPS) is 23.9. The first-order chi connectivity index (χ1) is 8.21. The fraction of sp³-hybridized carbons (Fsp3) is 0.538. The van der Waals surface area contributed by atoms with Gasteiger partial charge < -0.3 is 10.5 Å². The van der Waals surface area contributed by atoms with Gasteiger partial charge in [0.15, 0.2) is 11.6 Å². The second kappa shape index (κ2) is 5.27. The van der Waals surface area contributed by atoms with Crippen LogP contribution in [-0.2, 0) is 6.42 Å². The smallest absolute Gasteiger partial charge is 0.168 e. The standard InChI is InChI=1S/C13H18FNOS/c1-16-11-5-2-4-10(12(11)14)8-13(9-15)6-3-7-17-13/h2,4-5H,3,6-9,15H2,1H3. The first kappa shape index (κ1) is 12.7. The Morgan fingerprint density at radius 1 is 1.53 bits per heavy atom. The van der Waals surface area contributed by atoms with Crippen LogP contribution >= 0.6 is 11.8 Å². The minimum Gasteiger partial charge on any atom is -0.494 e. The molecule has 0 aromatic heterocycles. The van der Waals surface area contributed by atoms with Crippen molar-refractivity contribution in [3.63, 3.8) is 0 Å². The summed E-state index contributed by atoms with van der Waals surface area (Å²) in [4.78, 5) is 0. The van der Waals surface area contributed by atoms with Gasteiger partial charge >= 0.3 is 0 Å². The Hall–Kier alpha value is -0.740. The molecule has 0 spiro atoms. The molecule has 1 aliphatic heterocycles. The van der Waals surface area contributed by atoms with E-state index >= 15 is 0 Å². The molecule has 2 nitrogen and oxygen atoms in total. The maximum atomic E-state index is 14.1. The average molecular weight is 255 g/mol. The summed E-state index contributed by atoms with van der Waals surface area (Å²) < 4.78 is 19.1. The van der Waals surface area contributed by atoms with Gasteiger partial charge in [-0.2, -0.15) is 11.8 Å². The van der Waals surface area contributed by atoms with E-state index in [-0.39, 0.29) is 10.6 Å². The van der Waals surface area contributed by atoms with Gasteiger partial charge in [0.25, 0.3) is 0 Å². The molecule has 1 aromatic carbocycles. The van der Waals surface area contributed by atoms with E-state index in [0.29, 0.717) is 24.3 Å². The van der Waals surface area contributed by atoms with Gasteiger partial charge in [-0.25, -0.2) is 4.39 Å². The molecule has 0 saturated carbocycles. The summed E-state index contributed by atoms with van der Waals surface area (Å²) in [5.74, 6) is 1.20. The van der Waals surface area contributed by atoms with Crippen LogP contribution in [0.15, 0.2) is 18.2 Å². The van der Waals surface area contributed by atoms with E-state index in [2.05, 4.69) is 0 Å². The lowest BCUT2D eigenvalue weighted by Crippen LogP contribution is -2.34. The van der Waals surface area contributed by atoms with Crippen LogP contribution in [0.5, 0.6) is 5.75 Å². The third-order valence-electron chi connectivity index (χ3n) is 3.33. The maximum absolute atomic E-state index is 14.1. The van der Waals surface area contributed by atoms with Gasteiger partial charge in [-0.15, -0.1) is 0 Å². The lowest BCUT2D eigenvalue weighted by molar-refractivity contribution is 0.382. The fourth-order valence-corrected chi connectivity index (χ4v) is 3.71. The highest BCUT2D eigenvalue weighted by Crippen LogP contribution is 2.40. The molecule has 1 heterocycles. The van der Waals surface area contributed by atoms with Crippen LogP contribution in [0.2, 0.25) is 0 Å². The maximum Gasteiger partial charge on any atom is 0.168 e. The monoisotopic (exact) mass is 255 g/mol. The van der Waals surface area contributed by atoms with Gasteiger partial charge in [-0.3, -0.25) is 0 Å². The molecule has 0 amide bonds. The first-order valence-electron chi connectivity index (χ1n) is 5.86. The van der Waals surface area contributed by atoms with Crippen molar-refractivity contribution in [2.24, 2.45) is 5.73 Å². The van der Waals surface area contributed by atoms with E-state index < -0.39 is 0 Å². The SMILES string of the molecule is COc1cccc(CC2(CN)CCCS2)c1F. The molecule has 0 bridgehead atoms. The molecule has 94 valence electrons. The summed E-state index contributed by atoms with van der Waals surface area (Å²) in [6.07, 6.45) is 2.94. The van der Waals surface area contributed by atoms with E-state index in [9.17, 15) is 4.39 Å². The van der Waals surface area contributed by atoms with Crippen LogP contribution < -0.4 is 10.5 Å². The molecule has 1 aliphatic rings. The molecule has 2 rings (SSSR count). The van der Waals surface area contributed by atoms with Crippen molar-refractivity contribution in [1.29, 1.82) is 0 Å². The molecule has 1 fully saturated rings. The molecule has 1 unspecified atom stereocenters. The van der Waals surface area contributed by atoms with Gasteiger partial charge in [-0.05, 0) is 36.6 Å². The summed E-state index contributed by atoms with van der Waals surface area (Å²) in [6.45, 7) is 0.605. The number of halogens is 1. The number of hydrogen-bond acceptors (Lipinski definition) is 3. The van der Waals surface area contributed by atoms with Crippen molar-refractivity contribution in [2.45, 2.75) is 24.0 Å². The predicted octanol–water partition coefficient (Wildman–Crippen LogP) is 2.60. The van der Waals surface area contributed by atoms with Gasteiger partial charge in [0.2, 0.25) is 0 Å². The Balaban J connectivity index is 2.23. The topological polar surface area (TPSA) is 35.2 Å². The Bertz CT molecular complexity index is 391. The van der Waals surface area contributed by atoms with E-state index in [1.165, 1.54) is 13.5 Å². The zero-order chi connectivity index (χ0) is 12.3. The van der Waals surface area contributed by atoms with Crippen LogP contribution in [0.25, 0.3) is 0 Å². The first-order valence-corrected chi connectivity index (χ1v) is 6.85. The number of rotatable bonds is 4. The Morgan fingerprint density at radius 3 is 2.94 bits per heavy atom. The highest BCUT2D eigenvalue weighted by atomic mass is 32.2. The molecule has 0 radical (unpaired) electrons. The van der Waals surface area contributed by atoms with E-state index in [1.54, 1.807) is 6.07 Å². The molecule has 1 aromatic rings. The van der Waals surface area contributed by atoms with Gasteiger partial charge in [0.1, 0.15) is 0 Å².